The zero-order chi connectivity index (χ0) is 10.6. The number of carbonyl (C=O) groups is 1. The number of rotatable bonds is 4. The number of hydrogen-bond acceptors (Lipinski definition) is 2. The Bertz CT molecular complexity index is 334. The van der Waals surface area contributed by atoms with Crippen LogP contribution in [0.15, 0.2) is 16.6 Å². The topological polar surface area (TPSA) is 37.3 Å². The summed E-state index contributed by atoms with van der Waals surface area (Å²) in [4.78, 5) is 10.2. The zero-order valence-electron chi connectivity index (χ0n) is 8.09. The standard InChI is InChI=1S/C11H13BrO2/c1-2-8-6-10(12)7-9(11(8)14)4-3-5-13/h5-7,14H,2-4H2,1H3. The number of benzene rings is 1. The third kappa shape index (κ3) is 2.58. The van der Waals surface area contributed by atoms with Crippen LogP contribution in [0.1, 0.15) is 24.5 Å². The fourth-order valence-electron chi connectivity index (χ4n) is 1.39. The monoisotopic (exact) mass is 256 g/mol. The SMILES string of the molecule is CCc1cc(Br)cc(CCC=O)c1O. The average Bonchev–Trinajstić information content (AvgIpc) is 2.18. The number of aldehydes is 1. The van der Waals surface area contributed by atoms with E-state index in [0.717, 1.165) is 28.3 Å². The van der Waals surface area contributed by atoms with Crippen molar-refractivity contribution in [2.45, 2.75) is 26.2 Å². The van der Waals surface area contributed by atoms with Crippen LogP contribution in [0.3, 0.4) is 0 Å². The normalized spacial score (nSPS) is 10.1. The van der Waals surface area contributed by atoms with Gasteiger partial charge >= 0.3 is 0 Å². The van der Waals surface area contributed by atoms with Crippen molar-refractivity contribution in [2.75, 3.05) is 0 Å². The summed E-state index contributed by atoms with van der Waals surface area (Å²) in [6.07, 6.45) is 2.71. The largest absolute Gasteiger partial charge is 0.507 e. The van der Waals surface area contributed by atoms with Crippen LogP contribution >= 0.6 is 15.9 Å². The summed E-state index contributed by atoms with van der Waals surface area (Å²) in [6.45, 7) is 1.99. The van der Waals surface area contributed by atoms with Gasteiger partial charge in [0.2, 0.25) is 0 Å². The molecule has 0 fully saturated rings. The van der Waals surface area contributed by atoms with Crippen LogP contribution in [0.25, 0.3) is 0 Å². The smallest absolute Gasteiger partial charge is 0.122 e. The molecule has 0 amide bonds. The lowest BCUT2D eigenvalue weighted by molar-refractivity contribution is -0.107. The fourth-order valence-corrected chi connectivity index (χ4v) is 1.94. The number of hydrogen-bond donors (Lipinski definition) is 1. The van der Waals surface area contributed by atoms with Crippen molar-refractivity contribution in [1.82, 2.24) is 0 Å². The van der Waals surface area contributed by atoms with E-state index in [0.29, 0.717) is 18.6 Å². The lowest BCUT2D eigenvalue weighted by Gasteiger charge is -2.08. The Morgan fingerprint density at radius 3 is 2.64 bits per heavy atom. The summed E-state index contributed by atoms with van der Waals surface area (Å²) < 4.78 is 0.952. The van der Waals surface area contributed by atoms with Gasteiger partial charge in [0.05, 0.1) is 0 Å². The number of phenolic OH excluding ortho intramolecular Hbond substituents is 1. The first-order valence-electron chi connectivity index (χ1n) is 4.63. The van der Waals surface area contributed by atoms with Gasteiger partial charge in [0.25, 0.3) is 0 Å². The van der Waals surface area contributed by atoms with E-state index in [-0.39, 0.29) is 0 Å². The third-order valence-electron chi connectivity index (χ3n) is 2.14. The molecule has 0 saturated carbocycles. The van der Waals surface area contributed by atoms with E-state index in [1.165, 1.54) is 0 Å². The Labute approximate surface area is 92.1 Å². The first kappa shape index (κ1) is 11.2. The van der Waals surface area contributed by atoms with Gasteiger partial charge < -0.3 is 9.90 Å². The second kappa shape index (κ2) is 5.15. The molecule has 0 spiro atoms. The Morgan fingerprint density at radius 2 is 2.07 bits per heavy atom. The molecule has 76 valence electrons. The molecule has 0 aliphatic rings. The summed E-state index contributed by atoms with van der Waals surface area (Å²) in [5, 5.41) is 9.80. The van der Waals surface area contributed by atoms with Crippen LogP contribution in [0, 0.1) is 0 Å². The van der Waals surface area contributed by atoms with Crippen LogP contribution in [0.2, 0.25) is 0 Å². The van der Waals surface area contributed by atoms with Gasteiger partial charge in [0.15, 0.2) is 0 Å². The molecule has 2 nitrogen and oxygen atoms in total. The quantitative estimate of drug-likeness (QED) is 0.842. The molecule has 0 aliphatic heterocycles. The van der Waals surface area contributed by atoms with Crippen LogP contribution in [-0.4, -0.2) is 11.4 Å². The molecular formula is C11H13BrO2. The van der Waals surface area contributed by atoms with E-state index in [9.17, 15) is 9.90 Å². The van der Waals surface area contributed by atoms with Gasteiger partial charge in [0, 0.05) is 10.9 Å². The molecule has 0 saturated heterocycles. The van der Waals surface area contributed by atoms with Crippen molar-refractivity contribution in [3.8, 4) is 5.75 Å². The second-order valence-electron chi connectivity index (χ2n) is 3.13. The van der Waals surface area contributed by atoms with Gasteiger partial charge in [-0.3, -0.25) is 0 Å². The van der Waals surface area contributed by atoms with E-state index < -0.39 is 0 Å². The summed E-state index contributed by atoms with van der Waals surface area (Å²) in [6, 6.07) is 3.76. The predicted octanol–water partition coefficient (Wildman–Crippen LogP) is 2.85. The summed E-state index contributed by atoms with van der Waals surface area (Å²) in [5.41, 5.74) is 1.75. The molecule has 1 aromatic carbocycles. The molecule has 0 radical (unpaired) electrons. The highest BCUT2D eigenvalue weighted by Crippen LogP contribution is 2.28. The lowest BCUT2D eigenvalue weighted by Crippen LogP contribution is -1.92. The van der Waals surface area contributed by atoms with Crippen molar-refractivity contribution in [3.63, 3.8) is 0 Å². The third-order valence-corrected chi connectivity index (χ3v) is 2.60. The molecule has 1 aromatic rings. The van der Waals surface area contributed by atoms with Crippen LogP contribution in [-0.2, 0) is 17.6 Å². The van der Waals surface area contributed by atoms with Crippen molar-refractivity contribution in [3.05, 3.63) is 27.7 Å². The molecule has 0 bridgehead atoms. The highest BCUT2D eigenvalue weighted by atomic mass is 79.9. The van der Waals surface area contributed by atoms with Gasteiger partial charge in [-0.1, -0.05) is 22.9 Å². The van der Waals surface area contributed by atoms with Gasteiger partial charge in [-0.25, -0.2) is 0 Å². The Morgan fingerprint density at radius 1 is 1.43 bits per heavy atom. The summed E-state index contributed by atoms with van der Waals surface area (Å²) >= 11 is 3.38. The Kier molecular flexibility index (Phi) is 4.14. The molecule has 0 heterocycles. The number of aromatic hydroxyl groups is 1. The minimum atomic E-state index is 0.331. The molecule has 0 aromatic heterocycles. The van der Waals surface area contributed by atoms with E-state index in [1.54, 1.807) is 0 Å². The van der Waals surface area contributed by atoms with Crippen LogP contribution in [0.5, 0.6) is 5.75 Å². The van der Waals surface area contributed by atoms with Gasteiger partial charge in [-0.05, 0) is 36.1 Å². The van der Waals surface area contributed by atoms with Crippen molar-refractivity contribution in [1.29, 1.82) is 0 Å². The summed E-state index contributed by atoms with van der Waals surface area (Å²) in [7, 11) is 0. The molecule has 14 heavy (non-hydrogen) atoms. The van der Waals surface area contributed by atoms with Gasteiger partial charge in [-0.15, -0.1) is 0 Å². The molecule has 0 aliphatic carbocycles. The minimum Gasteiger partial charge on any atom is -0.507 e. The molecule has 1 N–H and O–H groups in total. The molecular weight excluding hydrogens is 244 g/mol. The maximum absolute atomic E-state index is 10.2. The number of halogens is 1. The van der Waals surface area contributed by atoms with Gasteiger partial charge in [0.1, 0.15) is 12.0 Å². The lowest BCUT2D eigenvalue weighted by atomic mass is 10.0. The highest BCUT2D eigenvalue weighted by Gasteiger charge is 2.07. The van der Waals surface area contributed by atoms with E-state index in [1.807, 2.05) is 19.1 Å². The van der Waals surface area contributed by atoms with E-state index >= 15 is 0 Å². The van der Waals surface area contributed by atoms with Crippen molar-refractivity contribution in [2.24, 2.45) is 0 Å². The first-order valence-corrected chi connectivity index (χ1v) is 5.42. The van der Waals surface area contributed by atoms with E-state index in [4.69, 9.17) is 0 Å². The number of phenols is 1. The highest BCUT2D eigenvalue weighted by molar-refractivity contribution is 9.10. The summed E-state index contributed by atoms with van der Waals surface area (Å²) in [5.74, 6) is 0.331. The Balaban J connectivity index is 3.02. The van der Waals surface area contributed by atoms with Crippen LogP contribution in [0.4, 0.5) is 0 Å². The number of carbonyl (C=O) groups excluding carboxylic acids is 1. The zero-order valence-corrected chi connectivity index (χ0v) is 9.67. The van der Waals surface area contributed by atoms with Crippen molar-refractivity contribution >= 4 is 22.2 Å². The van der Waals surface area contributed by atoms with E-state index in [2.05, 4.69) is 15.9 Å². The van der Waals surface area contributed by atoms with Crippen molar-refractivity contribution < 1.29 is 9.90 Å². The predicted molar refractivity (Wildman–Crippen MR) is 59.6 cm³/mol. The first-order chi connectivity index (χ1) is 6.69. The molecule has 0 unspecified atom stereocenters. The number of aryl methyl sites for hydroxylation is 2. The average molecular weight is 257 g/mol. The fraction of sp³-hybridized carbons (Fsp3) is 0.364. The molecule has 1 rings (SSSR count). The maximum atomic E-state index is 10.2. The molecule has 0 atom stereocenters. The Hall–Kier alpha value is -0.830. The minimum absolute atomic E-state index is 0.331. The molecule has 3 heteroatoms. The maximum Gasteiger partial charge on any atom is 0.122 e. The van der Waals surface area contributed by atoms with Gasteiger partial charge in [-0.2, -0.15) is 0 Å². The van der Waals surface area contributed by atoms with Crippen LogP contribution < -0.4 is 0 Å². The second-order valence-corrected chi connectivity index (χ2v) is 4.05.